The van der Waals surface area contributed by atoms with E-state index in [1.165, 1.54) is 12.4 Å². The fraction of sp³-hybridized carbons (Fsp3) is 0.500. The van der Waals surface area contributed by atoms with Crippen molar-refractivity contribution < 1.29 is 14.7 Å². The maximum atomic E-state index is 11.5. The highest BCUT2D eigenvalue weighted by Crippen LogP contribution is 2.04. The maximum absolute atomic E-state index is 11.5. The van der Waals surface area contributed by atoms with Crippen LogP contribution in [-0.2, 0) is 4.79 Å². The molecule has 1 aromatic rings. The Morgan fingerprint density at radius 2 is 2.35 bits per heavy atom. The molecule has 0 aliphatic carbocycles. The molecule has 0 spiro atoms. The quantitative estimate of drug-likeness (QED) is 0.598. The van der Waals surface area contributed by atoms with Gasteiger partial charge in [-0.15, -0.1) is 0 Å². The largest absolute Gasteiger partial charge is 0.481 e. The van der Waals surface area contributed by atoms with Gasteiger partial charge in [-0.25, -0.2) is 4.79 Å². The van der Waals surface area contributed by atoms with Crippen LogP contribution in [0.1, 0.15) is 26.2 Å². The van der Waals surface area contributed by atoms with E-state index in [1.807, 2.05) is 6.92 Å². The number of hydrogen-bond acceptors (Lipinski definition) is 3. The second-order valence-corrected chi connectivity index (χ2v) is 3.67. The van der Waals surface area contributed by atoms with Crippen LogP contribution in [0.15, 0.2) is 12.4 Å². The number of aromatic nitrogens is 2. The first kappa shape index (κ1) is 13.0. The molecule has 1 atom stereocenters. The van der Waals surface area contributed by atoms with Crippen molar-refractivity contribution in [3.05, 3.63) is 12.4 Å². The topological polar surface area (TPSA) is 107 Å². The average molecular weight is 240 g/mol. The lowest BCUT2D eigenvalue weighted by atomic mass is 10.1. The van der Waals surface area contributed by atoms with Gasteiger partial charge in [-0.3, -0.25) is 9.89 Å². The van der Waals surface area contributed by atoms with Gasteiger partial charge in [-0.05, 0) is 6.42 Å². The van der Waals surface area contributed by atoms with Crippen molar-refractivity contribution in [3.63, 3.8) is 0 Å². The van der Waals surface area contributed by atoms with E-state index in [1.54, 1.807) is 0 Å². The fourth-order valence-electron chi connectivity index (χ4n) is 1.46. The average Bonchev–Trinajstić information content (AvgIpc) is 2.69. The zero-order valence-corrected chi connectivity index (χ0v) is 9.56. The lowest BCUT2D eigenvalue weighted by molar-refractivity contribution is -0.137. The van der Waals surface area contributed by atoms with Gasteiger partial charge in [0, 0.05) is 12.2 Å². The molecule has 1 unspecified atom stereocenters. The minimum absolute atomic E-state index is 0.0767. The van der Waals surface area contributed by atoms with E-state index in [2.05, 4.69) is 20.8 Å². The number of H-pyrrole nitrogens is 1. The number of rotatable bonds is 6. The summed E-state index contributed by atoms with van der Waals surface area (Å²) >= 11 is 0. The fourth-order valence-corrected chi connectivity index (χ4v) is 1.46. The highest BCUT2D eigenvalue weighted by Gasteiger charge is 2.15. The molecular weight excluding hydrogens is 224 g/mol. The smallest absolute Gasteiger partial charge is 0.319 e. The van der Waals surface area contributed by atoms with E-state index in [4.69, 9.17) is 5.11 Å². The molecule has 0 bridgehead atoms. The third kappa shape index (κ3) is 5.01. The van der Waals surface area contributed by atoms with Crippen LogP contribution in [-0.4, -0.2) is 33.3 Å². The predicted octanol–water partition coefficient (Wildman–Crippen LogP) is 1.17. The van der Waals surface area contributed by atoms with E-state index in [9.17, 15) is 9.59 Å². The molecule has 0 saturated carbocycles. The van der Waals surface area contributed by atoms with Crippen LogP contribution in [0.3, 0.4) is 0 Å². The first-order valence-corrected chi connectivity index (χ1v) is 5.40. The van der Waals surface area contributed by atoms with Gasteiger partial charge < -0.3 is 15.7 Å². The van der Waals surface area contributed by atoms with Crippen molar-refractivity contribution in [1.82, 2.24) is 15.5 Å². The monoisotopic (exact) mass is 240 g/mol. The summed E-state index contributed by atoms with van der Waals surface area (Å²) in [5.74, 6) is -0.924. The van der Waals surface area contributed by atoms with E-state index in [0.29, 0.717) is 12.1 Å². The van der Waals surface area contributed by atoms with E-state index >= 15 is 0 Å². The normalized spacial score (nSPS) is 11.8. The van der Waals surface area contributed by atoms with Gasteiger partial charge in [0.05, 0.1) is 18.3 Å². The van der Waals surface area contributed by atoms with Crippen LogP contribution < -0.4 is 10.6 Å². The predicted molar refractivity (Wildman–Crippen MR) is 61.7 cm³/mol. The second-order valence-electron chi connectivity index (χ2n) is 3.67. The van der Waals surface area contributed by atoms with Crippen molar-refractivity contribution >= 4 is 17.7 Å². The Morgan fingerprint density at radius 1 is 1.59 bits per heavy atom. The zero-order valence-electron chi connectivity index (χ0n) is 9.56. The highest BCUT2D eigenvalue weighted by atomic mass is 16.4. The summed E-state index contributed by atoms with van der Waals surface area (Å²) in [4.78, 5) is 22.1. The van der Waals surface area contributed by atoms with E-state index in [-0.39, 0.29) is 12.5 Å². The third-order valence-corrected chi connectivity index (χ3v) is 2.15. The van der Waals surface area contributed by atoms with Crippen molar-refractivity contribution in [2.75, 3.05) is 5.32 Å². The molecule has 0 aliphatic rings. The highest BCUT2D eigenvalue weighted by molar-refractivity contribution is 5.89. The zero-order chi connectivity index (χ0) is 12.7. The van der Waals surface area contributed by atoms with Gasteiger partial charge in [0.15, 0.2) is 0 Å². The molecule has 94 valence electrons. The molecule has 0 aromatic carbocycles. The molecule has 0 radical (unpaired) electrons. The van der Waals surface area contributed by atoms with Crippen LogP contribution >= 0.6 is 0 Å². The first-order chi connectivity index (χ1) is 8.11. The summed E-state index contributed by atoms with van der Waals surface area (Å²) in [6.07, 6.45) is 4.36. The first-order valence-electron chi connectivity index (χ1n) is 5.40. The molecule has 0 saturated heterocycles. The number of hydrogen-bond donors (Lipinski definition) is 4. The van der Waals surface area contributed by atoms with Crippen LogP contribution in [0.4, 0.5) is 10.5 Å². The van der Waals surface area contributed by atoms with E-state index in [0.717, 1.165) is 6.42 Å². The van der Waals surface area contributed by atoms with E-state index < -0.39 is 12.0 Å². The Kier molecular flexibility index (Phi) is 4.99. The number of nitrogens with one attached hydrogen (secondary N) is 3. The molecule has 7 nitrogen and oxygen atoms in total. The summed E-state index contributed by atoms with van der Waals surface area (Å²) in [6.45, 7) is 1.94. The van der Waals surface area contributed by atoms with Gasteiger partial charge in [0.2, 0.25) is 0 Å². The Morgan fingerprint density at radius 3 is 2.88 bits per heavy atom. The third-order valence-electron chi connectivity index (χ3n) is 2.15. The lowest BCUT2D eigenvalue weighted by Gasteiger charge is -2.15. The standard InChI is InChI=1S/C10H16N4O3/c1-2-3-7(4-9(15)16)13-10(17)14-8-5-11-12-6-8/h5-7H,2-4H2,1H3,(H,11,12)(H,15,16)(H2,13,14,17). The molecule has 1 heterocycles. The number of carboxylic acid groups (broad SMARTS) is 1. The Hall–Kier alpha value is -2.05. The lowest BCUT2D eigenvalue weighted by Crippen LogP contribution is -2.39. The number of aromatic amines is 1. The molecule has 7 heteroatoms. The number of aliphatic carboxylic acids is 1. The number of nitrogens with zero attached hydrogens (tertiary/aromatic N) is 1. The summed E-state index contributed by atoms with van der Waals surface area (Å²) in [5, 5.41) is 20.1. The maximum Gasteiger partial charge on any atom is 0.319 e. The van der Waals surface area contributed by atoms with Crippen LogP contribution in [0.5, 0.6) is 0 Å². The van der Waals surface area contributed by atoms with Crippen molar-refractivity contribution in [2.45, 2.75) is 32.2 Å². The Bertz CT molecular complexity index is 364. The number of carboxylic acids is 1. The number of carbonyl (C=O) groups excluding carboxylic acids is 1. The molecule has 2 amide bonds. The number of amides is 2. The molecule has 0 fully saturated rings. The van der Waals surface area contributed by atoms with Crippen LogP contribution in [0.2, 0.25) is 0 Å². The van der Waals surface area contributed by atoms with Gasteiger partial charge >= 0.3 is 12.0 Å². The van der Waals surface area contributed by atoms with Crippen LogP contribution in [0, 0.1) is 0 Å². The molecule has 1 aromatic heterocycles. The van der Waals surface area contributed by atoms with Crippen molar-refractivity contribution in [3.8, 4) is 0 Å². The van der Waals surface area contributed by atoms with Gasteiger partial charge in [0.25, 0.3) is 0 Å². The van der Waals surface area contributed by atoms with Gasteiger partial charge in [0.1, 0.15) is 0 Å². The summed E-state index contributed by atoms with van der Waals surface area (Å²) < 4.78 is 0. The molecule has 17 heavy (non-hydrogen) atoms. The van der Waals surface area contributed by atoms with Crippen molar-refractivity contribution in [2.24, 2.45) is 0 Å². The molecule has 1 rings (SSSR count). The summed E-state index contributed by atoms with van der Waals surface area (Å²) in [7, 11) is 0. The van der Waals surface area contributed by atoms with Gasteiger partial charge in [-0.2, -0.15) is 5.10 Å². The Balaban J connectivity index is 2.43. The Labute approximate surface area is 98.6 Å². The SMILES string of the molecule is CCCC(CC(=O)O)NC(=O)Nc1cn[nH]c1. The molecule has 4 N–H and O–H groups in total. The number of carbonyl (C=O) groups is 2. The van der Waals surface area contributed by atoms with Crippen molar-refractivity contribution in [1.29, 1.82) is 0 Å². The number of anilines is 1. The minimum Gasteiger partial charge on any atom is -0.481 e. The van der Waals surface area contributed by atoms with Gasteiger partial charge in [-0.1, -0.05) is 13.3 Å². The number of urea groups is 1. The second kappa shape index (κ2) is 6.51. The molecular formula is C10H16N4O3. The summed E-state index contributed by atoms with van der Waals surface area (Å²) in [5.41, 5.74) is 0.535. The summed E-state index contributed by atoms with van der Waals surface area (Å²) in [6, 6.07) is -0.782. The molecule has 0 aliphatic heterocycles. The minimum atomic E-state index is -0.924. The van der Waals surface area contributed by atoms with Crippen LogP contribution in [0.25, 0.3) is 0 Å².